The van der Waals surface area contributed by atoms with Crippen molar-refractivity contribution in [3.63, 3.8) is 0 Å². The summed E-state index contributed by atoms with van der Waals surface area (Å²) in [5.41, 5.74) is 0.354. The molecule has 2 heterocycles. The first-order chi connectivity index (χ1) is 11.9. The van der Waals surface area contributed by atoms with E-state index in [9.17, 15) is 14.7 Å². The molecule has 1 aliphatic heterocycles. The van der Waals surface area contributed by atoms with Crippen molar-refractivity contribution < 1.29 is 14.7 Å². The lowest BCUT2D eigenvalue weighted by Crippen LogP contribution is -2.46. The van der Waals surface area contributed by atoms with Crippen molar-refractivity contribution in [3.05, 3.63) is 42.7 Å². The summed E-state index contributed by atoms with van der Waals surface area (Å²) in [6, 6.07) is 3.40. The van der Waals surface area contributed by atoms with Gasteiger partial charge in [0, 0.05) is 36.8 Å². The molecule has 2 amide bonds. The van der Waals surface area contributed by atoms with E-state index in [2.05, 4.69) is 16.9 Å². The Morgan fingerprint density at radius 3 is 2.68 bits per heavy atom. The average Bonchev–Trinajstić information content (AvgIpc) is 2.65. The van der Waals surface area contributed by atoms with Crippen LogP contribution in [0, 0.1) is 11.3 Å². The molecule has 0 radical (unpaired) electrons. The van der Waals surface area contributed by atoms with Crippen LogP contribution in [0.3, 0.4) is 0 Å². The van der Waals surface area contributed by atoms with Gasteiger partial charge in [0.15, 0.2) is 0 Å². The van der Waals surface area contributed by atoms with Crippen molar-refractivity contribution in [1.29, 1.82) is 0 Å². The lowest BCUT2D eigenvalue weighted by atomic mass is 9.81. The second-order valence-corrected chi connectivity index (χ2v) is 7.18. The molecule has 0 saturated carbocycles. The van der Waals surface area contributed by atoms with E-state index in [1.54, 1.807) is 17.3 Å². The zero-order valence-electron chi connectivity index (χ0n) is 14.9. The van der Waals surface area contributed by atoms with Gasteiger partial charge in [-0.25, -0.2) is 0 Å². The van der Waals surface area contributed by atoms with Gasteiger partial charge in [-0.2, -0.15) is 0 Å². The van der Waals surface area contributed by atoms with Gasteiger partial charge < -0.3 is 15.3 Å². The SMILES string of the molecule is C=CC(=O)N1CCC(C(=O)NC(c2cccnc2)C(C)(C)CO)CC1. The van der Waals surface area contributed by atoms with Crippen LogP contribution in [-0.2, 0) is 9.59 Å². The van der Waals surface area contributed by atoms with Crippen molar-refractivity contribution in [1.82, 2.24) is 15.2 Å². The minimum atomic E-state index is -0.516. The van der Waals surface area contributed by atoms with Crippen LogP contribution in [0.15, 0.2) is 37.2 Å². The first-order valence-electron chi connectivity index (χ1n) is 8.61. The summed E-state index contributed by atoms with van der Waals surface area (Å²) < 4.78 is 0. The van der Waals surface area contributed by atoms with Crippen molar-refractivity contribution >= 4 is 11.8 Å². The van der Waals surface area contributed by atoms with Gasteiger partial charge in [0.1, 0.15) is 0 Å². The van der Waals surface area contributed by atoms with Crippen molar-refractivity contribution in [3.8, 4) is 0 Å². The maximum atomic E-state index is 12.8. The molecule has 1 unspecified atom stereocenters. The van der Waals surface area contributed by atoms with E-state index >= 15 is 0 Å². The molecule has 1 aliphatic rings. The molecular weight excluding hydrogens is 318 g/mol. The maximum absolute atomic E-state index is 12.8. The van der Waals surface area contributed by atoms with E-state index in [4.69, 9.17) is 0 Å². The standard InChI is InChI=1S/C19H27N3O3/c1-4-16(24)22-10-7-14(8-11-22)18(25)21-17(19(2,3)13-23)15-6-5-9-20-12-15/h4-6,9,12,14,17,23H,1,7-8,10-11,13H2,2-3H3,(H,21,25). The summed E-state index contributed by atoms with van der Waals surface area (Å²) >= 11 is 0. The Hall–Kier alpha value is -2.21. The highest BCUT2D eigenvalue weighted by Crippen LogP contribution is 2.33. The van der Waals surface area contributed by atoms with Crippen LogP contribution in [0.4, 0.5) is 0 Å². The highest BCUT2D eigenvalue weighted by Gasteiger charge is 2.34. The summed E-state index contributed by atoms with van der Waals surface area (Å²) in [6.07, 6.45) is 5.96. The summed E-state index contributed by atoms with van der Waals surface area (Å²) in [6.45, 7) is 8.39. The lowest BCUT2D eigenvalue weighted by Gasteiger charge is -2.36. The van der Waals surface area contributed by atoms with Crippen LogP contribution < -0.4 is 5.32 Å². The lowest BCUT2D eigenvalue weighted by molar-refractivity contribution is -0.133. The van der Waals surface area contributed by atoms with Crippen molar-refractivity contribution in [2.75, 3.05) is 19.7 Å². The molecule has 0 aliphatic carbocycles. The van der Waals surface area contributed by atoms with Crippen LogP contribution in [0.25, 0.3) is 0 Å². The van der Waals surface area contributed by atoms with Gasteiger partial charge >= 0.3 is 0 Å². The number of nitrogens with zero attached hydrogens (tertiary/aromatic N) is 2. The molecule has 2 rings (SSSR count). The van der Waals surface area contributed by atoms with Crippen LogP contribution in [0.2, 0.25) is 0 Å². The molecule has 0 bridgehead atoms. The molecule has 1 aromatic rings. The van der Waals surface area contributed by atoms with Gasteiger partial charge in [-0.05, 0) is 30.5 Å². The maximum Gasteiger partial charge on any atom is 0.245 e. The number of carbonyl (C=O) groups is 2. The van der Waals surface area contributed by atoms with Gasteiger partial charge in [0.2, 0.25) is 11.8 Å². The molecule has 0 aromatic carbocycles. The van der Waals surface area contributed by atoms with Crippen LogP contribution >= 0.6 is 0 Å². The van der Waals surface area contributed by atoms with Gasteiger partial charge in [-0.3, -0.25) is 14.6 Å². The number of aliphatic hydroxyl groups excluding tert-OH is 1. The van der Waals surface area contributed by atoms with E-state index in [-0.39, 0.29) is 30.4 Å². The van der Waals surface area contributed by atoms with E-state index in [0.717, 1.165) is 5.56 Å². The van der Waals surface area contributed by atoms with Crippen molar-refractivity contribution in [2.24, 2.45) is 11.3 Å². The van der Waals surface area contributed by atoms with Gasteiger partial charge in [-0.15, -0.1) is 0 Å². The van der Waals surface area contributed by atoms with Crippen LogP contribution in [0.5, 0.6) is 0 Å². The van der Waals surface area contributed by atoms with Crippen molar-refractivity contribution in [2.45, 2.75) is 32.7 Å². The fraction of sp³-hybridized carbons (Fsp3) is 0.526. The topological polar surface area (TPSA) is 82.5 Å². The van der Waals surface area contributed by atoms with E-state index < -0.39 is 5.41 Å². The molecule has 6 heteroatoms. The van der Waals surface area contributed by atoms with Gasteiger partial charge in [0.05, 0.1) is 12.6 Å². The Balaban J connectivity index is 2.06. The number of pyridine rings is 1. The normalized spacial score (nSPS) is 17.0. The number of aromatic nitrogens is 1. The Morgan fingerprint density at radius 1 is 1.48 bits per heavy atom. The zero-order valence-corrected chi connectivity index (χ0v) is 14.9. The Morgan fingerprint density at radius 2 is 2.16 bits per heavy atom. The molecular formula is C19H27N3O3. The third kappa shape index (κ3) is 4.66. The molecule has 1 fully saturated rings. The summed E-state index contributed by atoms with van der Waals surface area (Å²) in [5, 5.41) is 12.8. The number of hydrogen-bond acceptors (Lipinski definition) is 4. The first kappa shape index (κ1) is 19.1. The minimum Gasteiger partial charge on any atom is -0.396 e. The number of carbonyl (C=O) groups excluding carboxylic acids is 2. The molecule has 1 saturated heterocycles. The predicted octanol–water partition coefficient (Wildman–Crippen LogP) is 1.68. The number of aliphatic hydroxyl groups is 1. The largest absolute Gasteiger partial charge is 0.396 e. The number of nitrogens with one attached hydrogen (secondary N) is 1. The molecule has 0 spiro atoms. The Labute approximate surface area is 148 Å². The average molecular weight is 345 g/mol. The third-order valence-corrected chi connectivity index (χ3v) is 4.85. The number of rotatable bonds is 6. The third-order valence-electron chi connectivity index (χ3n) is 4.85. The fourth-order valence-electron chi connectivity index (χ4n) is 3.12. The fourth-order valence-corrected chi connectivity index (χ4v) is 3.12. The molecule has 1 aromatic heterocycles. The molecule has 136 valence electrons. The monoisotopic (exact) mass is 345 g/mol. The summed E-state index contributed by atoms with van der Waals surface area (Å²) in [5.74, 6) is -0.267. The second kappa shape index (κ2) is 8.25. The molecule has 25 heavy (non-hydrogen) atoms. The van der Waals surface area contributed by atoms with Gasteiger partial charge in [0.25, 0.3) is 0 Å². The molecule has 1 atom stereocenters. The molecule has 6 nitrogen and oxygen atoms in total. The van der Waals surface area contributed by atoms with E-state index in [1.165, 1.54) is 6.08 Å². The zero-order chi connectivity index (χ0) is 18.4. The predicted molar refractivity (Wildman–Crippen MR) is 95.5 cm³/mol. The smallest absolute Gasteiger partial charge is 0.245 e. The number of hydrogen-bond donors (Lipinski definition) is 2. The Bertz CT molecular complexity index is 608. The Kier molecular flexibility index (Phi) is 6.31. The number of amides is 2. The quantitative estimate of drug-likeness (QED) is 0.769. The first-order valence-corrected chi connectivity index (χ1v) is 8.61. The molecule has 2 N–H and O–H groups in total. The second-order valence-electron chi connectivity index (χ2n) is 7.18. The van der Waals surface area contributed by atoms with E-state index in [0.29, 0.717) is 25.9 Å². The van der Waals surface area contributed by atoms with E-state index in [1.807, 2.05) is 26.0 Å². The van der Waals surface area contributed by atoms with Crippen LogP contribution in [-0.4, -0.2) is 46.5 Å². The number of likely N-dealkylation sites (tertiary alicyclic amines) is 1. The van der Waals surface area contributed by atoms with Gasteiger partial charge in [-0.1, -0.05) is 26.5 Å². The highest BCUT2D eigenvalue weighted by molar-refractivity contribution is 5.87. The summed E-state index contributed by atoms with van der Waals surface area (Å²) in [4.78, 5) is 30.2. The highest BCUT2D eigenvalue weighted by atomic mass is 16.3. The summed E-state index contributed by atoms with van der Waals surface area (Å²) in [7, 11) is 0. The van der Waals surface area contributed by atoms with Crippen LogP contribution in [0.1, 0.15) is 38.3 Å². The number of piperidine rings is 1. The minimum absolute atomic E-state index is 0.0407.